The van der Waals surface area contributed by atoms with Crippen molar-refractivity contribution < 1.29 is 4.79 Å². The minimum Gasteiger partial charge on any atom is -0.317 e. The molecule has 2 aromatic carbocycles. The number of carbonyl (C=O) groups excluding carboxylic acids is 1. The normalized spacial score (nSPS) is 12.5. The number of benzene rings is 2. The van der Waals surface area contributed by atoms with Crippen LogP contribution in [0.25, 0.3) is 17.8 Å². The number of hydrogen-bond acceptors (Lipinski definition) is 3. The molecule has 2 heterocycles. The van der Waals surface area contributed by atoms with Crippen LogP contribution in [0.15, 0.2) is 65.6 Å². The average molecular weight is 415 g/mol. The van der Waals surface area contributed by atoms with E-state index in [1.165, 1.54) is 22.5 Å². The Kier molecular flexibility index (Phi) is 5.38. The van der Waals surface area contributed by atoms with Crippen molar-refractivity contribution in [2.24, 2.45) is 0 Å². The van der Waals surface area contributed by atoms with Gasteiger partial charge in [0.1, 0.15) is 0 Å². The Hall–Kier alpha value is -3.44. The number of rotatable bonds is 4. The standard InChI is InChI=1S/C25H22N2O2S/c1-16-9-10-19(12-17(16)2)13-24-26-25(29)23(30-24)15-22-8-5-11-27(22)21-7-4-6-20(14-21)18(3)28/h4-15H,1-3H3,(H,26,29)/b23-15-,24-13-. The SMILES string of the molecule is CC(=O)c1cccc(-n2cccc2/C=c2\s/c(=C\c3ccc(C)c(C)c3)[nH]c2=O)c1. The summed E-state index contributed by atoms with van der Waals surface area (Å²) in [6.07, 6.45) is 5.79. The van der Waals surface area contributed by atoms with Crippen molar-refractivity contribution in [1.29, 1.82) is 0 Å². The minimum absolute atomic E-state index is 0.0239. The summed E-state index contributed by atoms with van der Waals surface area (Å²) in [5.74, 6) is 0.0239. The summed E-state index contributed by atoms with van der Waals surface area (Å²) < 4.78 is 3.41. The predicted molar refractivity (Wildman–Crippen MR) is 123 cm³/mol. The quantitative estimate of drug-likeness (QED) is 0.518. The molecule has 0 aliphatic heterocycles. The van der Waals surface area contributed by atoms with Crippen LogP contribution in [0.1, 0.15) is 39.7 Å². The van der Waals surface area contributed by atoms with Crippen LogP contribution in [0.4, 0.5) is 0 Å². The van der Waals surface area contributed by atoms with Gasteiger partial charge in [-0.1, -0.05) is 30.3 Å². The lowest BCUT2D eigenvalue weighted by Crippen LogP contribution is -2.20. The van der Waals surface area contributed by atoms with Gasteiger partial charge in [0.15, 0.2) is 5.78 Å². The van der Waals surface area contributed by atoms with E-state index in [0.29, 0.717) is 10.1 Å². The molecule has 0 atom stereocenters. The first-order valence-electron chi connectivity index (χ1n) is 9.69. The molecule has 4 nitrogen and oxygen atoms in total. The number of Topliss-reactive ketones (excluding diaryl/α,β-unsaturated/α-hetero) is 1. The van der Waals surface area contributed by atoms with E-state index in [0.717, 1.165) is 21.6 Å². The summed E-state index contributed by atoms with van der Waals surface area (Å²) in [6.45, 7) is 5.72. The Balaban J connectivity index is 1.76. The zero-order valence-electron chi connectivity index (χ0n) is 17.1. The molecule has 0 bridgehead atoms. The summed E-state index contributed by atoms with van der Waals surface area (Å²) >= 11 is 1.43. The van der Waals surface area contributed by atoms with E-state index in [9.17, 15) is 9.59 Å². The molecule has 5 heteroatoms. The van der Waals surface area contributed by atoms with E-state index in [-0.39, 0.29) is 11.3 Å². The molecular weight excluding hydrogens is 392 g/mol. The zero-order valence-corrected chi connectivity index (χ0v) is 17.9. The number of ketones is 1. The number of nitrogens with one attached hydrogen (secondary N) is 1. The molecule has 0 spiro atoms. The topological polar surface area (TPSA) is 54.9 Å². The van der Waals surface area contributed by atoms with E-state index in [2.05, 4.69) is 37.0 Å². The molecule has 4 aromatic rings. The second-order valence-corrected chi connectivity index (χ2v) is 8.41. The number of hydrogen-bond donors (Lipinski definition) is 1. The highest BCUT2D eigenvalue weighted by atomic mass is 32.1. The summed E-state index contributed by atoms with van der Waals surface area (Å²) in [5, 5.41) is 0. The number of aromatic nitrogens is 2. The van der Waals surface area contributed by atoms with Gasteiger partial charge in [0, 0.05) is 23.1 Å². The number of aryl methyl sites for hydroxylation is 2. The van der Waals surface area contributed by atoms with Gasteiger partial charge < -0.3 is 9.55 Å². The molecular formula is C25H22N2O2S. The molecule has 0 unspecified atom stereocenters. The van der Waals surface area contributed by atoms with E-state index >= 15 is 0 Å². The monoisotopic (exact) mass is 414 g/mol. The van der Waals surface area contributed by atoms with Crippen LogP contribution >= 0.6 is 11.3 Å². The van der Waals surface area contributed by atoms with E-state index in [1.807, 2.05) is 53.2 Å². The second-order valence-electron chi connectivity index (χ2n) is 7.33. The van der Waals surface area contributed by atoms with Crippen molar-refractivity contribution in [1.82, 2.24) is 9.55 Å². The lowest BCUT2D eigenvalue weighted by Gasteiger charge is -2.07. The van der Waals surface area contributed by atoms with Gasteiger partial charge in [0.2, 0.25) is 0 Å². The third-order valence-electron chi connectivity index (χ3n) is 5.10. The summed E-state index contributed by atoms with van der Waals surface area (Å²) in [6, 6.07) is 17.6. The Morgan fingerprint density at radius 1 is 1.00 bits per heavy atom. The van der Waals surface area contributed by atoms with Crippen molar-refractivity contribution in [3.8, 4) is 5.69 Å². The lowest BCUT2D eigenvalue weighted by molar-refractivity contribution is 0.101. The second kappa shape index (κ2) is 8.13. The molecule has 4 rings (SSSR count). The molecule has 150 valence electrons. The molecule has 0 aliphatic rings. The third-order valence-corrected chi connectivity index (χ3v) is 6.06. The Bertz CT molecular complexity index is 1420. The van der Waals surface area contributed by atoms with Crippen LogP contribution in [0.2, 0.25) is 0 Å². The van der Waals surface area contributed by atoms with Crippen LogP contribution < -0.4 is 14.8 Å². The van der Waals surface area contributed by atoms with Crippen molar-refractivity contribution >= 4 is 29.3 Å². The van der Waals surface area contributed by atoms with Gasteiger partial charge in [-0.3, -0.25) is 9.59 Å². The number of aromatic amines is 1. The largest absolute Gasteiger partial charge is 0.317 e. The first-order valence-corrected chi connectivity index (χ1v) is 10.5. The molecule has 2 aromatic heterocycles. The summed E-state index contributed by atoms with van der Waals surface area (Å²) in [4.78, 5) is 27.2. The Morgan fingerprint density at radius 3 is 2.60 bits per heavy atom. The summed E-state index contributed by atoms with van der Waals surface area (Å²) in [5.41, 5.74) is 5.84. The molecule has 0 saturated carbocycles. The van der Waals surface area contributed by atoms with Crippen LogP contribution in [-0.2, 0) is 0 Å². The third kappa shape index (κ3) is 4.11. The predicted octanol–water partition coefficient (Wildman–Crippen LogP) is 3.70. The first-order chi connectivity index (χ1) is 14.4. The Morgan fingerprint density at radius 2 is 1.83 bits per heavy atom. The van der Waals surface area contributed by atoms with E-state index in [1.54, 1.807) is 13.0 Å². The Labute approximate surface area is 178 Å². The van der Waals surface area contributed by atoms with Crippen LogP contribution in [0.5, 0.6) is 0 Å². The van der Waals surface area contributed by atoms with E-state index in [4.69, 9.17) is 0 Å². The van der Waals surface area contributed by atoms with Gasteiger partial charge in [0.25, 0.3) is 5.56 Å². The number of H-pyrrole nitrogens is 1. The van der Waals surface area contributed by atoms with Crippen LogP contribution in [0, 0.1) is 13.8 Å². The van der Waals surface area contributed by atoms with Crippen molar-refractivity contribution in [3.63, 3.8) is 0 Å². The molecule has 1 N–H and O–H groups in total. The smallest absolute Gasteiger partial charge is 0.266 e. The fourth-order valence-electron chi connectivity index (χ4n) is 3.29. The maximum Gasteiger partial charge on any atom is 0.266 e. The molecule has 0 saturated heterocycles. The highest BCUT2D eigenvalue weighted by Crippen LogP contribution is 2.15. The van der Waals surface area contributed by atoms with Gasteiger partial charge in [-0.15, -0.1) is 11.3 Å². The average Bonchev–Trinajstić information content (AvgIpc) is 3.31. The summed E-state index contributed by atoms with van der Waals surface area (Å²) in [7, 11) is 0. The number of nitrogens with zero attached hydrogens (tertiary/aromatic N) is 1. The van der Waals surface area contributed by atoms with Crippen molar-refractivity contribution in [2.45, 2.75) is 20.8 Å². The van der Waals surface area contributed by atoms with Gasteiger partial charge in [-0.2, -0.15) is 0 Å². The minimum atomic E-state index is -0.111. The molecule has 0 aliphatic carbocycles. The molecule has 0 amide bonds. The maximum atomic E-state index is 12.5. The van der Waals surface area contributed by atoms with Crippen molar-refractivity contribution in [2.75, 3.05) is 0 Å². The number of thiazole rings is 1. The maximum absolute atomic E-state index is 12.5. The van der Waals surface area contributed by atoms with Gasteiger partial charge in [-0.25, -0.2) is 0 Å². The highest BCUT2D eigenvalue weighted by Gasteiger charge is 2.05. The molecule has 30 heavy (non-hydrogen) atoms. The van der Waals surface area contributed by atoms with Gasteiger partial charge >= 0.3 is 0 Å². The fraction of sp³-hybridized carbons (Fsp3) is 0.120. The van der Waals surface area contributed by atoms with Crippen LogP contribution in [-0.4, -0.2) is 15.3 Å². The van der Waals surface area contributed by atoms with E-state index < -0.39 is 0 Å². The first kappa shape index (κ1) is 19.9. The van der Waals surface area contributed by atoms with Crippen LogP contribution in [0.3, 0.4) is 0 Å². The zero-order chi connectivity index (χ0) is 21.3. The lowest BCUT2D eigenvalue weighted by atomic mass is 10.1. The van der Waals surface area contributed by atoms with Gasteiger partial charge in [0.05, 0.1) is 9.20 Å². The molecule has 0 fully saturated rings. The fourth-order valence-corrected chi connectivity index (χ4v) is 4.19. The molecule has 0 radical (unpaired) electrons. The highest BCUT2D eigenvalue weighted by molar-refractivity contribution is 7.07. The van der Waals surface area contributed by atoms with Gasteiger partial charge in [-0.05, 0) is 73.9 Å². The number of carbonyl (C=O) groups is 1. The van der Waals surface area contributed by atoms with Crippen molar-refractivity contribution in [3.05, 3.63) is 108 Å².